The van der Waals surface area contributed by atoms with Crippen molar-refractivity contribution in [2.24, 2.45) is 5.73 Å². The van der Waals surface area contributed by atoms with Crippen LogP contribution in [0.25, 0.3) is 0 Å². The Labute approximate surface area is 126 Å². The van der Waals surface area contributed by atoms with Crippen molar-refractivity contribution in [2.45, 2.75) is 13.8 Å². The van der Waals surface area contributed by atoms with E-state index in [1.54, 1.807) is 0 Å². The van der Waals surface area contributed by atoms with E-state index in [1.165, 1.54) is 18.2 Å². The lowest BCUT2D eigenvalue weighted by atomic mass is 10.1. The highest BCUT2D eigenvalue weighted by Crippen LogP contribution is 2.31. The van der Waals surface area contributed by atoms with E-state index < -0.39 is 5.82 Å². The third kappa shape index (κ3) is 3.05. The van der Waals surface area contributed by atoms with E-state index >= 15 is 0 Å². The molecule has 0 spiro atoms. The lowest BCUT2D eigenvalue weighted by Gasteiger charge is -2.13. The van der Waals surface area contributed by atoms with E-state index in [9.17, 15) is 4.39 Å². The minimum absolute atomic E-state index is 0.153. The fraction of sp³-hybridized carbons (Fsp3) is 0.143. The Balaban J connectivity index is 2.50. The number of thiocarbonyl (C=S) groups is 1. The molecule has 3 nitrogen and oxygen atoms in total. The summed E-state index contributed by atoms with van der Waals surface area (Å²) in [5.74, 6) is 0.122. The van der Waals surface area contributed by atoms with Gasteiger partial charge in [0, 0.05) is 5.69 Å². The van der Waals surface area contributed by atoms with Crippen molar-refractivity contribution < 1.29 is 9.13 Å². The molecular weight excluding hydrogens is 299 g/mol. The molecule has 0 aliphatic rings. The molecule has 1 heterocycles. The second-order valence-electron chi connectivity index (χ2n) is 4.30. The SMILES string of the molecule is Cc1cc(C)c(C(N)=S)c(Oc2ccc(F)cc2Cl)n1. The first kappa shape index (κ1) is 14.7. The zero-order chi connectivity index (χ0) is 14.9. The number of aryl methyl sites for hydroxylation is 2. The number of halogens is 2. The van der Waals surface area contributed by atoms with Crippen molar-refractivity contribution in [3.8, 4) is 11.6 Å². The second kappa shape index (κ2) is 5.73. The Bertz CT molecular complexity index is 691. The van der Waals surface area contributed by atoms with Crippen LogP contribution in [-0.4, -0.2) is 9.97 Å². The molecule has 0 radical (unpaired) electrons. The molecule has 2 rings (SSSR count). The first-order valence-corrected chi connectivity index (χ1v) is 6.58. The van der Waals surface area contributed by atoms with Crippen LogP contribution in [0.1, 0.15) is 16.8 Å². The summed E-state index contributed by atoms with van der Waals surface area (Å²) in [5.41, 5.74) is 7.87. The largest absolute Gasteiger partial charge is 0.437 e. The predicted molar refractivity (Wildman–Crippen MR) is 81.1 cm³/mol. The number of hydrogen-bond donors (Lipinski definition) is 1. The van der Waals surface area contributed by atoms with Crippen molar-refractivity contribution in [2.75, 3.05) is 0 Å². The third-order valence-corrected chi connectivity index (χ3v) is 3.16. The van der Waals surface area contributed by atoms with Gasteiger partial charge in [-0.15, -0.1) is 0 Å². The highest BCUT2D eigenvalue weighted by atomic mass is 35.5. The molecule has 0 bridgehead atoms. The first-order valence-electron chi connectivity index (χ1n) is 5.79. The lowest BCUT2D eigenvalue weighted by molar-refractivity contribution is 0.459. The molecule has 0 atom stereocenters. The molecule has 2 N–H and O–H groups in total. The average Bonchev–Trinajstić information content (AvgIpc) is 2.31. The summed E-state index contributed by atoms with van der Waals surface area (Å²) >= 11 is 10.9. The standard InChI is InChI=1S/C14H12ClFN2OS/c1-7-5-8(2)18-14(12(7)13(17)20)19-11-4-3-9(16)6-10(11)15/h3-6H,1-2H3,(H2,17,20). The van der Waals surface area contributed by atoms with Gasteiger partial charge in [0.15, 0.2) is 0 Å². The van der Waals surface area contributed by atoms with E-state index in [0.717, 1.165) is 11.3 Å². The maximum atomic E-state index is 13.0. The molecule has 0 amide bonds. The van der Waals surface area contributed by atoms with Crippen LogP contribution in [0.2, 0.25) is 5.02 Å². The molecule has 2 aromatic rings. The molecule has 1 aromatic heterocycles. The van der Waals surface area contributed by atoms with Crippen molar-refractivity contribution in [1.29, 1.82) is 0 Å². The molecule has 0 aliphatic carbocycles. The van der Waals surface area contributed by atoms with Crippen LogP contribution in [0.15, 0.2) is 24.3 Å². The molecule has 0 unspecified atom stereocenters. The van der Waals surface area contributed by atoms with Gasteiger partial charge >= 0.3 is 0 Å². The number of nitrogens with two attached hydrogens (primary N) is 1. The maximum Gasteiger partial charge on any atom is 0.230 e. The minimum Gasteiger partial charge on any atom is -0.437 e. The van der Waals surface area contributed by atoms with Gasteiger partial charge in [-0.25, -0.2) is 9.37 Å². The van der Waals surface area contributed by atoms with Gasteiger partial charge in [0.25, 0.3) is 0 Å². The molecule has 0 saturated carbocycles. The molecule has 20 heavy (non-hydrogen) atoms. The Morgan fingerprint density at radius 1 is 1.35 bits per heavy atom. The predicted octanol–water partition coefficient (Wildman–Crippen LogP) is 3.92. The summed E-state index contributed by atoms with van der Waals surface area (Å²) < 4.78 is 18.7. The lowest BCUT2D eigenvalue weighted by Crippen LogP contribution is -2.14. The highest BCUT2D eigenvalue weighted by molar-refractivity contribution is 7.80. The summed E-state index contributed by atoms with van der Waals surface area (Å²) in [4.78, 5) is 4.46. The first-order chi connectivity index (χ1) is 9.38. The van der Waals surface area contributed by atoms with E-state index in [0.29, 0.717) is 11.3 Å². The summed E-state index contributed by atoms with van der Waals surface area (Å²) in [7, 11) is 0. The fourth-order valence-corrected chi connectivity index (χ4v) is 2.29. The fourth-order valence-electron chi connectivity index (χ4n) is 1.84. The zero-order valence-corrected chi connectivity index (χ0v) is 12.5. The van der Waals surface area contributed by atoms with Gasteiger partial charge in [-0.2, -0.15) is 0 Å². The topological polar surface area (TPSA) is 48.1 Å². The van der Waals surface area contributed by atoms with Crippen LogP contribution in [0.5, 0.6) is 11.6 Å². The molecule has 6 heteroatoms. The van der Waals surface area contributed by atoms with Crippen LogP contribution in [0.4, 0.5) is 4.39 Å². The van der Waals surface area contributed by atoms with Crippen molar-refractivity contribution >= 4 is 28.8 Å². The molecule has 104 valence electrons. The maximum absolute atomic E-state index is 13.0. The third-order valence-electron chi connectivity index (χ3n) is 2.66. The van der Waals surface area contributed by atoms with Gasteiger partial charge in [0.2, 0.25) is 5.88 Å². The molecule has 0 saturated heterocycles. The Hall–Kier alpha value is -1.72. The van der Waals surface area contributed by atoms with Crippen LogP contribution in [-0.2, 0) is 0 Å². The quantitative estimate of drug-likeness (QED) is 0.873. The van der Waals surface area contributed by atoms with Crippen LogP contribution >= 0.6 is 23.8 Å². The normalized spacial score (nSPS) is 10.4. The van der Waals surface area contributed by atoms with Gasteiger partial charge in [-0.3, -0.25) is 0 Å². The van der Waals surface area contributed by atoms with Gasteiger partial charge in [0.05, 0.1) is 10.6 Å². The average molecular weight is 311 g/mol. The van der Waals surface area contributed by atoms with Crippen LogP contribution in [0.3, 0.4) is 0 Å². The zero-order valence-electron chi connectivity index (χ0n) is 10.9. The molecule has 0 fully saturated rings. The molecule has 1 aromatic carbocycles. The van der Waals surface area contributed by atoms with Crippen molar-refractivity contribution in [1.82, 2.24) is 4.98 Å². The monoisotopic (exact) mass is 310 g/mol. The number of benzene rings is 1. The number of ether oxygens (including phenoxy) is 1. The van der Waals surface area contributed by atoms with Gasteiger partial charge < -0.3 is 10.5 Å². The van der Waals surface area contributed by atoms with Gasteiger partial charge in [-0.1, -0.05) is 23.8 Å². The van der Waals surface area contributed by atoms with Gasteiger partial charge in [-0.05, 0) is 43.7 Å². The minimum atomic E-state index is -0.440. The molecule has 0 aliphatic heterocycles. The summed E-state index contributed by atoms with van der Waals surface area (Å²) in [6.07, 6.45) is 0. The Morgan fingerprint density at radius 2 is 2.05 bits per heavy atom. The summed E-state index contributed by atoms with van der Waals surface area (Å²) in [6.45, 7) is 3.69. The number of pyridine rings is 1. The van der Waals surface area contributed by atoms with E-state index in [-0.39, 0.29) is 15.9 Å². The summed E-state index contributed by atoms with van der Waals surface area (Å²) in [6, 6.07) is 5.71. The molecular formula is C14H12ClFN2OS. The van der Waals surface area contributed by atoms with E-state index in [2.05, 4.69) is 4.98 Å². The van der Waals surface area contributed by atoms with Crippen molar-refractivity contribution in [3.05, 3.63) is 51.9 Å². The summed E-state index contributed by atoms with van der Waals surface area (Å²) in [5, 5.41) is 0.153. The van der Waals surface area contributed by atoms with Crippen LogP contribution < -0.4 is 10.5 Å². The van der Waals surface area contributed by atoms with Crippen LogP contribution in [0, 0.1) is 19.7 Å². The number of nitrogens with zero attached hydrogens (tertiary/aromatic N) is 1. The van der Waals surface area contributed by atoms with Crippen molar-refractivity contribution in [3.63, 3.8) is 0 Å². The Morgan fingerprint density at radius 3 is 2.65 bits per heavy atom. The number of hydrogen-bond acceptors (Lipinski definition) is 3. The smallest absolute Gasteiger partial charge is 0.230 e. The number of rotatable bonds is 3. The van der Waals surface area contributed by atoms with Gasteiger partial charge in [0.1, 0.15) is 16.6 Å². The second-order valence-corrected chi connectivity index (χ2v) is 5.15. The van der Waals surface area contributed by atoms with E-state index in [1.807, 2.05) is 19.9 Å². The Kier molecular flexibility index (Phi) is 4.20. The number of aromatic nitrogens is 1. The van der Waals surface area contributed by atoms with E-state index in [4.69, 9.17) is 34.3 Å². The highest BCUT2D eigenvalue weighted by Gasteiger charge is 2.15.